The molecule has 0 aromatic carbocycles. The minimum absolute atomic E-state index is 0.598. The Morgan fingerprint density at radius 2 is 2.00 bits per heavy atom. The Balaban J connectivity index is 3.07. The average Bonchev–Trinajstić information content (AvgIpc) is 2.39. The minimum atomic E-state index is -2.78. The molecule has 7 N–H and O–H groups in total. The summed E-state index contributed by atoms with van der Waals surface area (Å²) in [5.74, 6) is -5.17. The summed E-state index contributed by atoms with van der Waals surface area (Å²) in [4.78, 5) is 22.1. The topological polar surface area (TPSA) is 177 Å². The van der Waals surface area contributed by atoms with E-state index >= 15 is 0 Å². The molecule has 0 spiro atoms. The Labute approximate surface area is 119 Å². The van der Waals surface area contributed by atoms with Gasteiger partial charge in [-0.15, -0.1) is 0 Å². The normalized spacial score (nSPS) is 35.8. The second kappa shape index (κ2) is 6.64. The molecule has 0 bridgehead atoms. The number of aliphatic hydroxyl groups is 5. The maximum atomic E-state index is 11.1. The second-order valence-electron chi connectivity index (χ2n) is 4.91. The van der Waals surface area contributed by atoms with Gasteiger partial charge in [-0.2, -0.15) is 0 Å². The van der Waals surface area contributed by atoms with E-state index < -0.39 is 61.1 Å². The first-order chi connectivity index (χ1) is 9.62. The molecule has 6 atom stereocenters. The molecular formula is C11H19NO9. The molecule has 10 heteroatoms. The van der Waals surface area contributed by atoms with Gasteiger partial charge in [-0.25, -0.2) is 4.79 Å². The lowest BCUT2D eigenvalue weighted by Crippen LogP contribution is -2.67. The molecule has 10 nitrogen and oxygen atoms in total. The molecule has 0 aromatic rings. The molecule has 0 aromatic heterocycles. The molecule has 0 saturated carbocycles. The molecule has 1 fully saturated rings. The Morgan fingerprint density at radius 1 is 1.43 bits per heavy atom. The van der Waals surface area contributed by atoms with E-state index in [2.05, 4.69) is 5.32 Å². The lowest BCUT2D eigenvalue weighted by molar-refractivity contribution is -0.295. The Morgan fingerprint density at radius 3 is 2.43 bits per heavy atom. The monoisotopic (exact) mass is 309 g/mol. The fourth-order valence-corrected chi connectivity index (χ4v) is 2.14. The van der Waals surface area contributed by atoms with Gasteiger partial charge in [0.2, 0.25) is 5.91 Å². The first kappa shape index (κ1) is 17.8. The van der Waals surface area contributed by atoms with E-state index in [1.165, 1.54) is 0 Å². The van der Waals surface area contributed by atoms with Crippen LogP contribution in [-0.2, 0) is 14.3 Å². The molecule has 1 rings (SSSR count). The highest BCUT2D eigenvalue weighted by molar-refractivity contribution is 5.76. The number of carboxylic acid groups (broad SMARTS) is 1. The molecule has 1 aliphatic rings. The SMILES string of the molecule is CC(=O)N[C@H]1[C@H]([C@@H](O)[C@@H](O)CO)O[C@@](O)(C(=O)O)C[C@@H]1O. The first-order valence-electron chi connectivity index (χ1n) is 6.18. The van der Waals surface area contributed by atoms with Gasteiger partial charge < -0.3 is 40.7 Å². The van der Waals surface area contributed by atoms with Crippen LogP contribution in [-0.4, -0.2) is 85.4 Å². The zero-order valence-electron chi connectivity index (χ0n) is 11.2. The van der Waals surface area contributed by atoms with Crippen LogP contribution in [0.25, 0.3) is 0 Å². The van der Waals surface area contributed by atoms with E-state index in [1.807, 2.05) is 0 Å². The first-order valence-corrected chi connectivity index (χ1v) is 6.18. The molecule has 0 radical (unpaired) electrons. The van der Waals surface area contributed by atoms with Crippen molar-refractivity contribution in [3.05, 3.63) is 0 Å². The van der Waals surface area contributed by atoms with Crippen LogP contribution in [0.15, 0.2) is 0 Å². The fourth-order valence-electron chi connectivity index (χ4n) is 2.14. The predicted molar refractivity (Wildman–Crippen MR) is 64.8 cm³/mol. The molecule has 1 saturated heterocycles. The summed E-state index contributed by atoms with van der Waals surface area (Å²) in [6.07, 6.45) is -7.48. The van der Waals surface area contributed by atoms with Gasteiger partial charge in [0.15, 0.2) is 0 Å². The maximum Gasteiger partial charge on any atom is 0.364 e. The third-order valence-corrected chi connectivity index (χ3v) is 3.21. The number of aliphatic hydroxyl groups excluding tert-OH is 4. The number of carbonyl (C=O) groups excluding carboxylic acids is 1. The predicted octanol–water partition coefficient (Wildman–Crippen LogP) is -3.87. The van der Waals surface area contributed by atoms with E-state index in [4.69, 9.17) is 14.9 Å². The molecule has 21 heavy (non-hydrogen) atoms. The lowest BCUT2D eigenvalue weighted by atomic mass is 9.88. The Hall–Kier alpha value is -1.30. The summed E-state index contributed by atoms with van der Waals surface area (Å²) in [7, 11) is 0. The van der Waals surface area contributed by atoms with Crippen molar-refractivity contribution in [3.8, 4) is 0 Å². The molecule has 1 amide bonds. The van der Waals surface area contributed by atoms with Gasteiger partial charge in [0.25, 0.3) is 5.79 Å². The highest BCUT2D eigenvalue weighted by Gasteiger charge is 2.53. The van der Waals surface area contributed by atoms with Crippen LogP contribution in [0.2, 0.25) is 0 Å². The smallest absolute Gasteiger partial charge is 0.364 e. The lowest BCUT2D eigenvalue weighted by Gasteiger charge is -2.44. The van der Waals surface area contributed by atoms with Crippen molar-refractivity contribution in [2.24, 2.45) is 0 Å². The number of aliphatic carboxylic acids is 1. The van der Waals surface area contributed by atoms with Crippen molar-refractivity contribution >= 4 is 11.9 Å². The van der Waals surface area contributed by atoms with Gasteiger partial charge in [-0.05, 0) is 0 Å². The fraction of sp³-hybridized carbons (Fsp3) is 0.818. The largest absolute Gasteiger partial charge is 0.477 e. The number of hydrogen-bond acceptors (Lipinski definition) is 8. The van der Waals surface area contributed by atoms with Crippen LogP contribution in [0.3, 0.4) is 0 Å². The molecule has 0 aliphatic carbocycles. The highest BCUT2D eigenvalue weighted by Crippen LogP contribution is 2.30. The Kier molecular flexibility index (Phi) is 5.61. The van der Waals surface area contributed by atoms with Crippen molar-refractivity contribution in [2.75, 3.05) is 6.61 Å². The number of nitrogens with one attached hydrogen (secondary N) is 1. The van der Waals surface area contributed by atoms with Crippen molar-refractivity contribution in [2.45, 2.75) is 49.6 Å². The van der Waals surface area contributed by atoms with Crippen LogP contribution < -0.4 is 5.32 Å². The van der Waals surface area contributed by atoms with E-state index in [-0.39, 0.29) is 0 Å². The molecule has 1 heterocycles. The van der Waals surface area contributed by atoms with Crippen LogP contribution in [0, 0.1) is 0 Å². The standard InChI is InChI=1S/C11H19NO9/c1-4(14)12-7-5(15)2-11(20,10(18)19)21-9(7)8(17)6(16)3-13/h5-9,13,15-17,20H,2-3H2,1H3,(H,12,14)(H,18,19)/t5-,6-,7+,8-,9+,11+/m0/s1. The van der Waals surface area contributed by atoms with Crippen molar-refractivity contribution in [1.29, 1.82) is 0 Å². The van der Waals surface area contributed by atoms with E-state index in [0.29, 0.717) is 0 Å². The van der Waals surface area contributed by atoms with Crippen LogP contribution in [0.4, 0.5) is 0 Å². The quantitative estimate of drug-likeness (QED) is 0.268. The number of carboxylic acids is 1. The van der Waals surface area contributed by atoms with Gasteiger partial charge >= 0.3 is 5.97 Å². The van der Waals surface area contributed by atoms with Crippen LogP contribution >= 0.6 is 0 Å². The van der Waals surface area contributed by atoms with Crippen molar-refractivity contribution in [3.63, 3.8) is 0 Å². The van der Waals surface area contributed by atoms with Gasteiger partial charge in [-0.3, -0.25) is 4.79 Å². The highest BCUT2D eigenvalue weighted by atomic mass is 16.7. The molecule has 122 valence electrons. The van der Waals surface area contributed by atoms with E-state index in [9.17, 15) is 30.0 Å². The maximum absolute atomic E-state index is 11.1. The van der Waals surface area contributed by atoms with Crippen LogP contribution in [0.1, 0.15) is 13.3 Å². The summed E-state index contributed by atoms with van der Waals surface area (Å²) in [5, 5.41) is 59.0. The molecule has 1 aliphatic heterocycles. The summed E-state index contributed by atoms with van der Waals surface area (Å²) in [5.41, 5.74) is 0. The number of carbonyl (C=O) groups is 2. The third kappa shape index (κ3) is 3.87. The Bertz CT molecular complexity index is 403. The summed E-state index contributed by atoms with van der Waals surface area (Å²) in [6.45, 7) is 0.256. The van der Waals surface area contributed by atoms with Gasteiger partial charge in [0.1, 0.15) is 18.3 Å². The second-order valence-corrected chi connectivity index (χ2v) is 4.91. The van der Waals surface area contributed by atoms with E-state index in [0.717, 1.165) is 6.92 Å². The summed E-state index contributed by atoms with van der Waals surface area (Å²) in [6, 6.07) is -1.27. The molecule has 0 unspecified atom stereocenters. The number of amides is 1. The van der Waals surface area contributed by atoms with Crippen LogP contribution in [0.5, 0.6) is 0 Å². The van der Waals surface area contributed by atoms with E-state index in [1.54, 1.807) is 0 Å². The summed E-state index contributed by atoms with van der Waals surface area (Å²) < 4.78 is 4.86. The number of rotatable bonds is 5. The third-order valence-electron chi connectivity index (χ3n) is 3.21. The number of ether oxygens (including phenoxy) is 1. The average molecular weight is 309 g/mol. The van der Waals surface area contributed by atoms with Gasteiger partial charge in [-0.1, -0.05) is 0 Å². The summed E-state index contributed by atoms with van der Waals surface area (Å²) >= 11 is 0. The van der Waals surface area contributed by atoms with Gasteiger partial charge in [0, 0.05) is 13.3 Å². The van der Waals surface area contributed by atoms with Gasteiger partial charge in [0.05, 0.1) is 18.8 Å². The van der Waals surface area contributed by atoms with Crippen molar-refractivity contribution < 1.29 is 45.0 Å². The van der Waals surface area contributed by atoms with Crippen molar-refractivity contribution in [1.82, 2.24) is 5.32 Å². The zero-order valence-corrected chi connectivity index (χ0v) is 11.2. The zero-order chi connectivity index (χ0) is 16.4. The minimum Gasteiger partial charge on any atom is -0.477 e. The molecular weight excluding hydrogens is 290 g/mol. The number of hydrogen-bond donors (Lipinski definition) is 7.